The Kier molecular flexibility index (Phi) is 5.21. The van der Waals surface area contributed by atoms with Crippen LogP contribution in [0.15, 0.2) is 24.3 Å². The van der Waals surface area contributed by atoms with Gasteiger partial charge in [-0.3, -0.25) is 4.79 Å². The van der Waals surface area contributed by atoms with Gasteiger partial charge < -0.3 is 15.0 Å². The zero-order chi connectivity index (χ0) is 17.0. The Morgan fingerprint density at radius 2 is 1.78 bits per heavy atom. The van der Waals surface area contributed by atoms with E-state index < -0.39 is 5.97 Å². The van der Waals surface area contributed by atoms with E-state index in [0.717, 1.165) is 5.56 Å². The lowest BCUT2D eigenvalue weighted by molar-refractivity contribution is 0.0525. The molecule has 23 heavy (non-hydrogen) atoms. The summed E-state index contributed by atoms with van der Waals surface area (Å²) < 4.78 is 5.03. The minimum atomic E-state index is -0.406. The van der Waals surface area contributed by atoms with Crippen LogP contribution in [0.5, 0.6) is 0 Å². The maximum Gasteiger partial charge on any atom is 0.340 e. The highest BCUT2D eigenvalue weighted by Crippen LogP contribution is 2.19. The average molecular weight is 314 g/mol. The van der Waals surface area contributed by atoms with E-state index in [1.165, 1.54) is 5.56 Å². The molecule has 1 aromatic carbocycles. The Labute approximate surface area is 136 Å². The van der Waals surface area contributed by atoms with Gasteiger partial charge in [0.1, 0.15) is 5.69 Å². The number of carbonyl (C=O) groups excluding carboxylic acids is 2. The number of aromatic nitrogens is 1. The predicted molar refractivity (Wildman–Crippen MR) is 88.6 cm³/mol. The quantitative estimate of drug-likeness (QED) is 0.833. The number of amides is 1. The number of carbonyl (C=O) groups is 2. The number of hydrogen-bond donors (Lipinski definition) is 2. The van der Waals surface area contributed by atoms with E-state index in [0.29, 0.717) is 35.7 Å². The van der Waals surface area contributed by atoms with Gasteiger partial charge in [0.2, 0.25) is 0 Å². The van der Waals surface area contributed by atoms with Crippen LogP contribution >= 0.6 is 0 Å². The third kappa shape index (κ3) is 3.80. The molecule has 122 valence electrons. The predicted octanol–water partition coefficient (Wildman–Crippen LogP) is 3.05. The lowest BCUT2D eigenvalue weighted by Gasteiger charge is -2.06. The van der Waals surface area contributed by atoms with Crippen molar-refractivity contribution in [2.75, 3.05) is 6.61 Å². The second-order valence-electron chi connectivity index (χ2n) is 5.51. The van der Waals surface area contributed by atoms with Crippen molar-refractivity contribution in [2.45, 2.75) is 34.2 Å². The number of nitrogens with one attached hydrogen (secondary N) is 2. The van der Waals surface area contributed by atoms with Crippen molar-refractivity contribution in [1.82, 2.24) is 10.3 Å². The SMILES string of the molecule is CCOC(=O)c1c(C)[nH]c(C(=O)NCc2ccc(C)cc2)c1C. The number of aryl methyl sites for hydroxylation is 2. The summed E-state index contributed by atoms with van der Waals surface area (Å²) in [6, 6.07) is 7.97. The van der Waals surface area contributed by atoms with Crippen molar-refractivity contribution in [3.05, 3.63) is 57.9 Å². The maximum atomic E-state index is 12.4. The van der Waals surface area contributed by atoms with Crippen LogP contribution in [0.2, 0.25) is 0 Å². The van der Waals surface area contributed by atoms with Crippen LogP contribution in [-0.4, -0.2) is 23.5 Å². The van der Waals surface area contributed by atoms with Crippen LogP contribution in [-0.2, 0) is 11.3 Å². The Balaban J connectivity index is 2.12. The number of H-pyrrole nitrogens is 1. The van der Waals surface area contributed by atoms with Crippen LogP contribution < -0.4 is 5.32 Å². The molecule has 0 unspecified atom stereocenters. The van der Waals surface area contributed by atoms with Crippen molar-refractivity contribution < 1.29 is 14.3 Å². The van der Waals surface area contributed by atoms with Gasteiger partial charge in [-0.2, -0.15) is 0 Å². The van der Waals surface area contributed by atoms with E-state index in [1.807, 2.05) is 31.2 Å². The number of ether oxygens (including phenoxy) is 1. The third-order valence-electron chi connectivity index (χ3n) is 3.72. The van der Waals surface area contributed by atoms with E-state index in [1.54, 1.807) is 20.8 Å². The second kappa shape index (κ2) is 7.13. The van der Waals surface area contributed by atoms with Gasteiger partial charge in [-0.1, -0.05) is 29.8 Å². The van der Waals surface area contributed by atoms with Gasteiger partial charge in [-0.25, -0.2) is 4.79 Å². The molecule has 2 rings (SSSR count). The molecular weight excluding hydrogens is 292 g/mol. The fraction of sp³-hybridized carbons (Fsp3) is 0.333. The van der Waals surface area contributed by atoms with Crippen LogP contribution in [0.25, 0.3) is 0 Å². The number of esters is 1. The first-order valence-electron chi connectivity index (χ1n) is 7.64. The standard InChI is InChI=1S/C18H22N2O3/c1-5-23-18(22)15-12(3)16(20-13(15)4)17(21)19-10-14-8-6-11(2)7-9-14/h6-9,20H,5,10H2,1-4H3,(H,19,21). The fourth-order valence-electron chi connectivity index (χ4n) is 2.46. The summed E-state index contributed by atoms with van der Waals surface area (Å²) in [5, 5.41) is 2.86. The molecule has 0 aliphatic rings. The molecule has 0 saturated carbocycles. The largest absolute Gasteiger partial charge is 0.462 e. The molecule has 5 heteroatoms. The van der Waals surface area contributed by atoms with Crippen molar-refractivity contribution in [2.24, 2.45) is 0 Å². The van der Waals surface area contributed by atoms with Crippen molar-refractivity contribution in [1.29, 1.82) is 0 Å². The molecule has 1 heterocycles. The summed E-state index contributed by atoms with van der Waals surface area (Å²) in [6.45, 7) is 8.02. The summed E-state index contributed by atoms with van der Waals surface area (Å²) in [5.74, 6) is -0.641. The minimum absolute atomic E-state index is 0.235. The summed E-state index contributed by atoms with van der Waals surface area (Å²) in [5.41, 5.74) is 4.29. The molecule has 0 fully saturated rings. The first-order valence-corrected chi connectivity index (χ1v) is 7.64. The first-order chi connectivity index (χ1) is 10.9. The Morgan fingerprint density at radius 1 is 1.13 bits per heavy atom. The van der Waals surface area contributed by atoms with Crippen LogP contribution in [0, 0.1) is 20.8 Å². The molecule has 0 radical (unpaired) electrons. The first kappa shape index (κ1) is 16.8. The van der Waals surface area contributed by atoms with E-state index in [9.17, 15) is 9.59 Å². The van der Waals surface area contributed by atoms with Gasteiger partial charge in [-0.15, -0.1) is 0 Å². The van der Waals surface area contributed by atoms with E-state index in [-0.39, 0.29) is 5.91 Å². The second-order valence-corrected chi connectivity index (χ2v) is 5.51. The van der Waals surface area contributed by atoms with Crippen LogP contribution in [0.4, 0.5) is 0 Å². The molecule has 5 nitrogen and oxygen atoms in total. The molecule has 0 atom stereocenters. The molecule has 0 aliphatic carbocycles. The number of rotatable bonds is 5. The van der Waals surface area contributed by atoms with E-state index >= 15 is 0 Å². The smallest absolute Gasteiger partial charge is 0.340 e. The molecule has 0 saturated heterocycles. The van der Waals surface area contributed by atoms with Gasteiger partial charge in [0, 0.05) is 12.2 Å². The highest BCUT2D eigenvalue weighted by Gasteiger charge is 2.22. The molecule has 1 aromatic heterocycles. The third-order valence-corrected chi connectivity index (χ3v) is 3.72. The fourth-order valence-corrected chi connectivity index (χ4v) is 2.46. The monoisotopic (exact) mass is 314 g/mol. The lowest BCUT2D eigenvalue weighted by atomic mass is 10.1. The van der Waals surface area contributed by atoms with E-state index in [4.69, 9.17) is 4.74 Å². The number of aromatic amines is 1. The summed E-state index contributed by atoms with van der Waals surface area (Å²) in [6.07, 6.45) is 0. The highest BCUT2D eigenvalue weighted by atomic mass is 16.5. The topological polar surface area (TPSA) is 71.2 Å². The van der Waals surface area contributed by atoms with Crippen LogP contribution in [0.3, 0.4) is 0 Å². The Morgan fingerprint density at radius 3 is 2.39 bits per heavy atom. The normalized spacial score (nSPS) is 10.4. The number of benzene rings is 1. The molecular formula is C18H22N2O3. The highest BCUT2D eigenvalue weighted by molar-refractivity contribution is 6.00. The minimum Gasteiger partial charge on any atom is -0.462 e. The number of hydrogen-bond acceptors (Lipinski definition) is 3. The molecule has 0 aliphatic heterocycles. The average Bonchev–Trinajstić information content (AvgIpc) is 2.81. The zero-order valence-corrected chi connectivity index (χ0v) is 13.9. The van der Waals surface area contributed by atoms with Crippen molar-refractivity contribution >= 4 is 11.9 Å². The Bertz CT molecular complexity index is 715. The summed E-state index contributed by atoms with van der Waals surface area (Å²) in [4.78, 5) is 27.3. The van der Waals surface area contributed by atoms with Crippen LogP contribution in [0.1, 0.15) is 50.2 Å². The van der Waals surface area contributed by atoms with Gasteiger partial charge in [0.05, 0.1) is 12.2 Å². The maximum absolute atomic E-state index is 12.4. The van der Waals surface area contributed by atoms with Crippen molar-refractivity contribution in [3.63, 3.8) is 0 Å². The molecule has 0 bridgehead atoms. The van der Waals surface area contributed by atoms with Crippen molar-refractivity contribution in [3.8, 4) is 0 Å². The van der Waals surface area contributed by atoms with Gasteiger partial charge >= 0.3 is 5.97 Å². The lowest BCUT2D eigenvalue weighted by Crippen LogP contribution is -2.24. The summed E-state index contributed by atoms with van der Waals surface area (Å²) >= 11 is 0. The van der Waals surface area contributed by atoms with Gasteiger partial charge in [0.15, 0.2) is 0 Å². The molecule has 1 amide bonds. The van der Waals surface area contributed by atoms with Gasteiger partial charge in [0.25, 0.3) is 5.91 Å². The Hall–Kier alpha value is -2.56. The molecule has 0 spiro atoms. The zero-order valence-electron chi connectivity index (χ0n) is 13.9. The summed E-state index contributed by atoms with van der Waals surface area (Å²) in [7, 11) is 0. The molecule has 2 N–H and O–H groups in total. The van der Waals surface area contributed by atoms with E-state index in [2.05, 4.69) is 10.3 Å². The van der Waals surface area contributed by atoms with Gasteiger partial charge in [-0.05, 0) is 38.8 Å². The molecule has 2 aromatic rings.